The van der Waals surface area contributed by atoms with Gasteiger partial charge in [0.25, 0.3) is 0 Å². The van der Waals surface area contributed by atoms with Crippen molar-refractivity contribution < 1.29 is 8.83 Å². The zero-order valence-electron chi connectivity index (χ0n) is 48.8. The molecule has 12 aromatic carbocycles. The van der Waals surface area contributed by atoms with Gasteiger partial charge in [-0.25, -0.2) is 0 Å². The van der Waals surface area contributed by atoms with Crippen molar-refractivity contribution in [3.05, 3.63) is 239 Å². The summed E-state index contributed by atoms with van der Waals surface area (Å²) in [6.07, 6.45) is 1.87. The lowest BCUT2D eigenvalue weighted by Crippen LogP contribution is -2.14. The highest BCUT2D eigenvalue weighted by Crippen LogP contribution is 2.54. The van der Waals surface area contributed by atoms with E-state index in [-0.39, 0.29) is 11.8 Å². The Morgan fingerprint density at radius 3 is 1.07 bits per heavy atom. The molecule has 0 saturated heterocycles. The van der Waals surface area contributed by atoms with Crippen LogP contribution in [0.15, 0.2) is 203 Å². The van der Waals surface area contributed by atoms with Gasteiger partial charge in [-0.05, 0) is 155 Å². The van der Waals surface area contributed by atoms with Gasteiger partial charge in [-0.1, -0.05) is 210 Å². The van der Waals surface area contributed by atoms with E-state index in [9.17, 15) is 0 Å². The van der Waals surface area contributed by atoms with E-state index in [0.717, 1.165) is 102 Å². The van der Waals surface area contributed by atoms with Crippen LogP contribution in [-0.4, -0.2) is 0 Å². The van der Waals surface area contributed by atoms with Gasteiger partial charge in [-0.3, -0.25) is 0 Å². The van der Waals surface area contributed by atoms with Crippen LogP contribution in [0.25, 0.3) is 98.4 Å². The molecule has 2 aromatic heterocycles. The molecule has 0 bridgehead atoms. The number of anilines is 6. The standard InChI is InChI=1S/C78H68N2O2/c1-11-51-21-13-15-23-53(51)57-25-17-27-59-61-29-19-31-69(77(61)81-75(57)59)79(67-39-33-47(7)41-49(67)9)71-43-65(45(3)4)55-36-38-64-72(44-66(46(5)6)56-35-37-63(71)73(55)74(56)64)80(68-40-34-48(8)42-50(68)10)70-32-20-30-62-60-28-18-26-58(76(60)82-78(62)70)54-24-16-14-22-52(54)12-2/h13-46H,11-12H2,1-10H3. The molecule has 0 spiro atoms. The third kappa shape index (κ3) is 7.93. The molecule has 0 radical (unpaired) electrons. The molecule has 402 valence electrons. The average molecular weight is 1070 g/mol. The van der Waals surface area contributed by atoms with Crippen molar-refractivity contribution >= 4 is 110 Å². The van der Waals surface area contributed by atoms with Crippen molar-refractivity contribution in [1.29, 1.82) is 0 Å². The topological polar surface area (TPSA) is 32.8 Å². The zero-order chi connectivity index (χ0) is 56.2. The molecule has 0 atom stereocenters. The van der Waals surface area contributed by atoms with Crippen molar-refractivity contribution in [1.82, 2.24) is 0 Å². The van der Waals surface area contributed by atoms with Gasteiger partial charge in [-0.2, -0.15) is 0 Å². The SMILES string of the molecule is CCc1ccccc1-c1cccc2c1oc1c(N(c3ccc(C)cc3C)c3cc(C(C)C)c4ccc5c(N(c6ccc(C)cc6C)c6cccc7c6oc6c(-c8ccccc8CC)cccc67)cc(C(C)C)c6ccc3c4c65)cccc12. The molecule has 14 aromatic rings. The van der Waals surface area contributed by atoms with Crippen molar-refractivity contribution in [2.24, 2.45) is 0 Å². The molecule has 2 heterocycles. The van der Waals surface area contributed by atoms with Gasteiger partial charge in [0.1, 0.15) is 11.2 Å². The van der Waals surface area contributed by atoms with Crippen LogP contribution in [-0.2, 0) is 12.8 Å². The number of aryl methyl sites for hydroxylation is 6. The minimum absolute atomic E-state index is 0.211. The Labute approximate surface area is 481 Å². The summed E-state index contributed by atoms with van der Waals surface area (Å²) < 4.78 is 14.8. The fourth-order valence-electron chi connectivity index (χ4n) is 13.8. The Morgan fingerprint density at radius 1 is 0.317 bits per heavy atom. The molecular formula is C78H68N2O2. The lowest BCUT2D eigenvalue weighted by atomic mass is 9.84. The maximum atomic E-state index is 7.38. The number of para-hydroxylation sites is 4. The summed E-state index contributed by atoms with van der Waals surface area (Å²) in [4.78, 5) is 5.02. The molecular weight excluding hydrogens is 997 g/mol. The van der Waals surface area contributed by atoms with Crippen LogP contribution in [0.5, 0.6) is 0 Å². The first kappa shape index (κ1) is 51.1. The fourth-order valence-corrected chi connectivity index (χ4v) is 13.8. The number of hydrogen-bond acceptors (Lipinski definition) is 4. The Balaban J connectivity index is 1.08. The van der Waals surface area contributed by atoms with Crippen LogP contribution in [0, 0.1) is 27.7 Å². The smallest absolute Gasteiger partial charge is 0.159 e. The first-order chi connectivity index (χ1) is 39.9. The predicted octanol–water partition coefficient (Wildman–Crippen LogP) is 23.3. The lowest BCUT2D eigenvalue weighted by molar-refractivity contribution is 0.669. The quantitative estimate of drug-likeness (QED) is 0.114. The van der Waals surface area contributed by atoms with Crippen molar-refractivity contribution in [2.75, 3.05) is 9.80 Å². The Hall–Kier alpha value is -9.12. The number of nitrogens with zero attached hydrogens (tertiary/aromatic N) is 2. The molecule has 0 saturated carbocycles. The molecule has 0 aliphatic rings. The first-order valence-corrected chi connectivity index (χ1v) is 29.5. The molecule has 82 heavy (non-hydrogen) atoms. The second-order valence-corrected chi connectivity index (χ2v) is 23.5. The van der Waals surface area contributed by atoms with Gasteiger partial charge in [0.15, 0.2) is 11.2 Å². The highest BCUT2D eigenvalue weighted by atomic mass is 16.3. The lowest BCUT2D eigenvalue weighted by Gasteiger charge is -2.32. The van der Waals surface area contributed by atoms with Crippen molar-refractivity contribution in [3.63, 3.8) is 0 Å². The molecule has 0 N–H and O–H groups in total. The van der Waals surface area contributed by atoms with Gasteiger partial charge in [0.2, 0.25) is 0 Å². The molecule has 0 amide bonds. The fraction of sp³-hybridized carbons (Fsp3) is 0.179. The Kier molecular flexibility index (Phi) is 12.4. The largest absolute Gasteiger partial charge is 0.453 e. The van der Waals surface area contributed by atoms with Crippen LogP contribution in [0.2, 0.25) is 0 Å². The van der Waals surface area contributed by atoms with Gasteiger partial charge in [-0.15, -0.1) is 0 Å². The summed E-state index contributed by atoms with van der Waals surface area (Å²) >= 11 is 0. The maximum Gasteiger partial charge on any atom is 0.159 e. The average Bonchev–Trinajstić information content (AvgIpc) is 2.53. The number of fused-ring (bicyclic) bond motifs is 6. The van der Waals surface area contributed by atoms with Crippen LogP contribution in [0.1, 0.15) is 97.9 Å². The van der Waals surface area contributed by atoms with Crippen molar-refractivity contribution in [2.45, 2.75) is 93.9 Å². The third-order valence-electron chi connectivity index (χ3n) is 17.7. The van der Waals surface area contributed by atoms with Gasteiger partial charge >= 0.3 is 0 Å². The molecule has 0 aliphatic heterocycles. The summed E-state index contributed by atoms with van der Waals surface area (Å²) in [7, 11) is 0. The van der Waals surface area contributed by atoms with E-state index in [4.69, 9.17) is 8.83 Å². The second kappa shape index (κ2) is 19.8. The summed E-state index contributed by atoms with van der Waals surface area (Å²) in [5.41, 5.74) is 24.7. The van der Waals surface area contributed by atoms with Crippen LogP contribution in [0.4, 0.5) is 34.1 Å². The van der Waals surface area contributed by atoms with Gasteiger partial charge in [0, 0.05) is 54.8 Å². The van der Waals surface area contributed by atoms with E-state index < -0.39 is 0 Å². The van der Waals surface area contributed by atoms with Gasteiger partial charge < -0.3 is 18.6 Å². The monoisotopic (exact) mass is 1060 g/mol. The summed E-state index contributed by atoms with van der Waals surface area (Å²) in [6.45, 7) is 22.7. The van der Waals surface area contributed by atoms with Crippen LogP contribution >= 0.6 is 0 Å². The number of furan rings is 2. The number of hydrogen-bond donors (Lipinski definition) is 0. The molecule has 4 heteroatoms. The molecule has 4 nitrogen and oxygen atoms in total. The minimum Gasteiger partial charge on any atom is -0.453 e. The van der Waals surface area contributed by atoms with E-state index in [0.29, 0.717) is 0 Å². The van der Waals surface area contributed by atoms with Gasteiger partial charge in [0.05, 0.1) is 22.7 Å². The zero-order valence-corrected chi connectivity index (χ0v) is 48.8. The molecule has 14 rings (SSSR count). The Bertz CT molecular complexity index is 4550. The second-order valence-electron chi connectivity index (χ2n) is 23.5. The molecule has 0 aliphatic carbocycles. The summed E-state index contributed by atoms with van der Waals surface area (Å²) in [6, 6.07) is 72.6. The van der Waals surface area contributed by atoms with E-state index in [1.54, 1.807) is 0 Å². The summed E-state index contributed by atoms with van der Waals surface area (Å²) in [5.74, 6) is 0.422. The molecule has 0 fully saturated rings. The van der Waals surface area contributed by atoms with Crippen molar-refractivity contribution in [3.8, 4) is 22.3 Å². The van der Waals surface area contributed by atoms with E-state index in [1.807, 2.05) is 0 Å². The predicted molar refractivity (Wildman–Crippen MR) is 351 cm³/mol. The maximum absolute atomic E-state index is 7.38. The third-order valence-corrected chi connectivity index (χ3v) is 17.7. The number of benzene rings is 12. The van der Waals surface area contributed by atoms with E-state index in [1.165, 1.54) is 88.0 Å². The highest BCUT2D eigenvalue weighted by Gasteiger charge is 2.30. The van der Waals surface area contributed by atoms with Crippen LogP contribution < -0.4 is 9.80 Å². The van der Waals surface area contributed by atoms with E-state index >= 15 is 0 Å². The van der Waals surface area contributed by atoms with E-state index in [2.05, 4.69) is 273 Å². The normalized spacial score (nSPS) is 12.1. The molecule has 0 unspecified atom stereocenters. The highest BCUT2D eigenvalue weighted by molar-refractivity contribution is 6.30. The summed E-state index contributed by atoms with van der Waals surface area (Å²) in [5, 5.41) is 11.9. The minimum atomic E-state index is 0.211. The first-order valence-electron chi connectivity index (χ1n) is 29.5. The van der Waals surface area contributed by atoms with Crippen LogP contribution in [0.3, 0.4) is 0 Å². The Morgan fingerprint density at radius 2 is 0.683 bits per heavy atom. The number of rotatable bonds is 12.